The number of fused-ring (bicyclic) bond motifs is 4. The summed E-state index contributed by atoms with van der Waals surface area (Å²) in [5, 5.41) is 2.90. The number of hydrogen-bond acceptors (Lipinski definition) is 5. The lowest BCUT2D eigenvalue weighted by Crippen LogP contribution is -2.40. The molecule has 0 bridgehead atoms. The summed E-state index contributed by atoms with van der Waals surface area (Å²) in [5.74, 6) is -0.483. The molecule has 5 aromatic rings. The number of esters is 1. The van der Waals surface area contributed by atoms with Gasteiger partial charge < -0.3 is 9.30 Å². The Bertz CT molecular complexity index is 2010. The van der Waals surface area contributed by atoms with Gasteiger partial charge in [-0.1, -0.05) is 59.3 Å². The summed E-state index contributed by atoms with van der Waals surface area (Å²) >= 11 is 7.49. The number of halogens is 1. The predicted molar refractivity (Wildman–Crippen MR) is 162 cm³/mol. The second-order valence-electron chi connectivity index (χ2n) is 10.1. The third-order valence-electron chi connectivity index (χ3n) is 7.18. The second kappa shape index (κ2) is 10.2. The zero-order valence-electron chi connectivity index (χ0n) is 22.6. The molecule has 0 saturated carbocycles. The van der Waals surface area contributed by atoms with Crippen molar-refractivity contribution in [1.82, 2.24) is 9.13 Å². The highest BCUT2D eigenvalue weighted by Gasteiger charge is 2.33. The van der Waals surface area contributed by atoms with Crippen LogP contribution < -0.4 is 14.9 Å². The van der Waals surface area contributed by atoms with Crippen molar-refractivity contribution in [1.29, 1.82) is 0 Å². The summed E-state index contributed by atoms with van der Waals surface area (Å²) in [5.41, 5.74) is 4.72. The zero-order chi connectivity index (χ0) is 28.1. The maximum absolute atomic E-state index is 14.0. The lowest BCUT2D eigenvalue weighted by molar-refractivity contribution is -0.143. The molecule has 2 aromatic heterocycles. The van der Waals surface area contributed by atoms with E-state index in [-0.39, 0.29) is 11.7 Å². The van der Waals surface area contributed by atoms with Crippen molar-refractivity contribution < 1.29 is 9.53 Å². The lowest BCUT2D eigenvalue weighted by atomic mass is 9.96. The van der Waals surface area contributed by atoms with Crippen LogP contribution in [0.3, 0.4) is 0 Å². The Morgan fingerprint density at radius 3 is 2.52 bits per heavy atom. The number of benzene rings is 3. The van der Waals surface area contributed by atoms with E-state index in [0.29, 0.717) is 25.6 Å². The number of hydrogen-bond donors (Lipinski definition) is 0. The Kier molecular flexibility index (Phi) is 6.72. The van der Waals surface area contributed by atoms with E-state index in [9.17, 15) is 9.59 Å². The van der Waals surface area contributed by atoms with Crippen LogP contribution in [0, 0.1) is 0 Å². The maximum Gasteiger partial charge on any atom is 0.338 e. The van der Waals surface area contributed by atoms with Gasteiger partial charge in [-0.05, 0) is 75.2 Å². The summed E-state index contributed by atoms with van der Waals surface area (Å²) in [6, 6.07) is 21.2. The number of carbonyl (C=O) groups excluding carboxylic acids is 1. The number of aromatic nitrogens is 2. The van der Waals surface area contributed by atoms with E-state index in [1.165, 1.54) is 22.2 Å². The molecule has 0 N–H and O–H groups in total. The van der Waals surface area contributed by atoms with E-state index in [1.54, 1.807) is 37.5 Å². The van der Waals surface area contributed by atoms with E-state index in [0.717, 1.165) is 28.6 Å². The van der Waals surface area contributed by atoms with Crippen LogP contribution in [0.5, 0.6) is 0 Å². The maximum atomic E-state index is 14.0. The number of aryl methyl sites for hydroxylation is 1. The van der Waals surface area contributed by atoms with Crippen LogP contribution in [-0.2, 0) is 16.1 Å². The van der Waals surface area contributed by atoms with Gasteiger partial charge in [-0.15, -0.1) is 0 Å². The Balaban J connectivity index is 1.54. The number of thiazole rings is 1. The molecule has 0 aliphatic carbocycles. The lowest BCUT2D eigenvalue weighted by Gasteiger charge is -2.25. The van der Waals surface area contributed by atoms with Gasteiger partial charge in [-0.3, -0.25) is 9.36 Å². The highest BCUT2D eigenvalue weighted by atomic mass is 35.5. The minimum absolute atomic E-state index is 0.206. The Morgan fingerprint density at radius 2 is 1.80 bits per heavy atom. The molecule has 3 aromatic carbocycles. The highest BCUT2D eigenvalue weighted by Crippen LogP contribution is 2.32. The molecule has 1 aliphatic rings. The fourth-order valence-electron chi connectivity index (χ4n) is 5.47. The van der Waals surface area contributed by atoms with Crippen molar-refractivity contribution in [2.45, 2.75) is 46.4 Å². The van der Waals surface area contributed by atoms with Gasteiger partial charge in [0.15, 0.2) is 4.80 Å². The van der Waals surface area contributed by atoms with Crippen LogP contribution in [0.2, 0.25) is 5.02 Å². The molecule has 0 fully saturated rings. The largest absolute Gasteiger partial charge is 0.459 e. The topological polar surface area (TPSA) is 65.6 Å². The summed E-state index contributed by atoms with van der Waals surface area (Å²) in [4.78, 5) is 32.5. The van der Waals surface area contributed by atoms with Crippen molar-refractivity contribution in [2.24, 2.45) is 4.99 Å². The van der Waals surface area contributed by atoms with Gasteiger partial charge in [-0.25, -0.2) is 9.79 Å². The first-order valence-corrected chi connectivity index (χ1v) is 14.5. The van der Waals surface area contributed by atoms with Crippen molar-refractivity contribution in [2.75, 3.05) is 0 Å². The summed E-state index contributed by atoms with van der Waals surface area (Å²) in [6.45, 7) is 8.40. The molecule has 1 aliphatic heterocycles. The van der Waals surface area contributed by atoms with Crippen LogP contribution in [-0.4, -0.2) is 21.2 Å². The van der Waals surface area contributed by atoms with Gasteiger partial charge in [0.25, 0.3) is 5.56 Å². The molecular weight excluding hydrogens is 542 g/mol. The van der Waals surface area contributed by atoms with Gasteiger partial charge in [0, 0.05) is 33.4 Å². The number of nitrogens with zero attached hydrogens (tertiary/aromatic N) is 3. The van der Waals surface area contributed by atoms with E-state index in [4.69, 9.17) is 16.3 Å². The highest BCUT2D eigenvalue weighted by molar-refractivity contribution is 7.07. The van der Waals surface area contributed by atoms with Gasteiger partial charge in [0.1, 0.15) is 0 Å². The molecule has 202 valence electrons. The molecule has 0 saturated heterocycles. The minimum atomic E-state index is -0.674. The van der Waals surface area contributed by atoms with Gasteiger partial charge in [-0.2, -0.15) is 0 Å². The Morgan fingerprint density at radius 1 is 1.07 bits per heavy atom. The summed E-state index contributed by atoms with van der Waals surface area (Å²) in [6.07, 6.45) is 1.60. The van der Waals surface area contributed by atoms with Crippen LogP contribution in [0.4, 0.5) is 0 Å². The number of carbonyl (C=O) groups is 1. The smallest absolute Gasteiger partial charge is 0.338 e. The monoisotopic (exact) mass is 569 g/mol. The molecule has 3 heterocycles. The molecular formula is C32H28ClN3O3S. The second-order valence-corrected chi connectivity index (χ2v) is 11.6. The van der Waals surface area contributed by atoms with Crippen LogP contribution in [0.1, 0.15) is 44.9 Å². The quantitative estimate of drug-likeness (QED) is 0.245. The molecule has 6 rings (SSSR count). The normalized spacial score (nSPS) is 15.7. The van der Waals surface area contributed by atoms with Crippen molar-refractivity contribution in [3.63, 3.8) is 0 Å². The third kappa shape index (κ3) is 4.39. The minimum Gasteiger partial charge on any atom is -0.459 e. The molecule has 8 heteroatoms. The fraction of sp³-hybridized carbons (Fsp3) is 0.219. The zero-order valence-corrected chi connectivity index (χ0v) is 24.2. The fourth-order valence-corrected chi connectivity index (χ4v) is 6.65. The van der Waals surface area contributed by atoms with Crippen LogP contribution in [0.15, 0.2) is 87.8 Å². The number of para-hydroxylation sites is 1. The molecule has 0 amide bonds. The first kappa shape index (κ1) is 26.3. The Labute approximate surface area is 240 Å². The molecule has 0 spiro atoms. The van der Waals surface area contributed by atoms with Crippen LogP contribution >= 0.6 is 22.9 Å². The Hall–Kier alpha value is -3.94. The average molecular weight is 570 g/mol. The van der Waals surface area contributed by atoms with Crippen molar-refractivity contribution in [3.8, 4) is 0 Å². The average Bonchev–Trinajstić information content (AvgIpc) is 3.41. The molecule has 6 nitrogen and oxygen atoms in total. The summed E-state index contributed by atoms with van der Waals surface area (Å²) < 4.78 is 10.0. The molecule has 0 radical (unpaired) electrons. The predicted octanol–water partition coefficient (Wildman–Crippen LogP) is 5.97. The van der Waals surface area contributed by atoms with E-state index >= 15 is 0 Å². The van der Waals surface area contributed by atoms with Crippen molar-refractivity contribution in [3.05, 3.63) is 114 Å². The molecule has 1 unspecified atom stereocenters. The van der Waals surface area contributed by atoms with Crippen LogP contribution in [0.25, 0.3) is 27.9 Å². The molecule has 1 atom stereocenters. The van der Waals surface area contributed by atoms with E-state index < -0.39 is 12.0 Å². The third-order valence-corrected chi connectivity index (χ3v) is 8.42. The summed E-state index contributed by atoms with van der Waals surface area (Å²) in [7, 11) is 0. The number of allylic oxidation sites excluding steroid dienone is 1. The van der Waals surface area contributed by atoms with E-state index in [2.05, 4.69) is 46.8 Å². The van der Waals surface area contributed by atoms with E-state index in [1.807, 2.05) is 30.3 Å². The van der Waals surface area contributed by atoms with Gasteiger partial charge >= 0.3 is 5.97 Å². The number of rotatable bonds is 5. The van der Waals surface area contributed by atoms with Gasteiger partial charge in [0.05, 0.1) is 27.9 Å². The number of ether oxygens (including phenoxy) is 1. The first-order chi connectivity index (χ1) is 19.3. The standard InChI is InChI=1S/C32H28ClN3O3S/c1-5-35-25-9-7-6-8-23(25)24-16-20(10-15-26(24)35)17-27-30(37)36-29(21-11-13-22(33)14-12-21)28(31(38)39-18(2)3)19(4)34-32(36)40-27/h6-18,29H,5H2,1-4H3. The molecule has 40 heavy (non-hydrogen) atoms. The SMILES string of the molecule is CCn1c2ccccc2c2cc(C=c3sc4n(c3=O)C(c3ccc(Cl)cc3)C(C(=O)OC(C)C)=C(C)N=4)ccc21. The van der Waals surface area contributed by atoms with Gasteiger partial charge in [0.2, 0.25) is 0 Å². The first-order valence-electron chi connectivity index (χ1n) is 13.3. The van der Waals surface area contributed by atoms with Crippen molar-refractivity contribution >= 4 is 56.8 Å².